The van der Waals surface area contributed by atoms with Crippen LogP contribution in [0.3, 0.4) is 0 Å². The Hall–Kier alpha value is -2.59. The minimum Gasteiger partial charge on any atom is -0.506 e. The smallest absolute Gasteiger partial charge is 0.280 e. The highest BCUT2D eigenvalue weighted by molar-refractivity contribution is 6.33. The van der Waals surface area contributed by atoms with Crippen LogP contribution in [0, 0.1) is 0 Å². The van der Waals surface area contributed by atoms with Crippen LogP contribution < -0.4 is 5.01 Å². The number of benzene rings is 2. The van der Waals surface area contributed by atoms with E-state index in [0.717, 1.165) is 11.3 Å². The summed E-state index contributed by atoms with van der Waals surface area (Å²) in [7, 11) is 0. The second-order valence-corrected chi connectivity index (χ2v) is 5.31. The molecule has 2 aromatic rings. The van der Waals surface area contributed by atoms with Gasteiger partial charge in [0.2, 0.25) is 0 Å². The molecule has 0 radical (unpaired) electrons. The average molecular weight is 313 g/mol. The lowest BCUT2D eigenvalue weighted by Gasteiger charge is -2.11. The van der Waals surface area contributed by atoms with Gasteiger partial charge >= 0.3 is 0 Å². The highest BCUT2D eigenvalue weighted by Crippen LogP contribution is 2.27. The molecule has 3 rings (SSSR count). The summed E-state index contributed by atoms with van der Waals surface area (Å²) in [6.45, 7) is 1.79. The van der Waals surface area contributed by atoms with Crippen molar-refractivity contribution in [3.63, 3.8) is 0 Å². The SMILES string of the molecule is CC1=NN(c2ccccc2)C(=O)/C1=C/c1ccc(O)c(Cl)c1. The van der Waals surface area contributed by atoms with E-state index in [1.54, 1.807) is 25.1 Å². The topological polar surface area (TPSA) is 52.9 Å². The molecule has 110 valence electrons. The zero-order chi connectivity index (χ0) is 15.7. The van der Waals surface area contributed by atoms with Crippen LogP contribution >= 0.6 is 11.6 Å². The van der Waals surface area contributed by atoms with Gasteiger partial charge in [-0.3, -0.25) is 4.79 Å². The molecule has 5 heteroatoms. The van der Waals surface area contributed by atoms with Gasteiger partial charge in [0.15, 0.2) is 0 Å². The molecule has 0 aliphatic carbocycles. The number of phenols is 1. The van der Waals surface area contributed by atoms with Crippen molar-refractivity contribution < 1.29 is 9.90 Å². The van der Waals surface area contributed by atoms with E-state index < -0.39 is 0 Å². The summed E-state index contributed by atoms with van der Waals surface area (Å²) in [5.74, 6) is -0.175. The first-order valence-electron chi connectivity index (χ1n) is 6.71. The van der Waals surface area contributed by atoms with Crippen LogP contribution in [0.4, 0.5) is 5.69 Å². The normalized spacial score (nSPS) is 16.3. The van der Waals surface area contributed by atoms with Crippen molar-refractivity contribution in [2.75, 3.05) is 5.01 Å². The molecule has 0 aromatic heterocycles. The Morgan fingerprint density at radius 2 is 1.91 bits per heavy atom. The molecule has 1 aliphatic rings. The molecule has 0 atom stereocenters. The molecule has 22 heavy (non-hydrogen) atoms. The lowest BCUT2D eigenvalue weighted by atomic mass is 10.1. The lowest BCUT2D eigenvalue weighted by molar-refractivity contribution is -0.114. The van der Waals surface area contributed by atoms with Crippen LogP contribution in [0.25, 0.3) is 6.08 Å². The van der Waals surface area contributed by atoms with Gasteiger partial charge in [0.25, 0.3) is 5.91 Å². The highest BCUT2D eigenvalue weighted by Gasteiger charge is 2.28. The summed E-state index contributed by atoms with van der Waals surface area (Å²) in [4.78, 5) is 12.5. The molecule has 4 nitrogen and oxygen atoms in total. The fraction of sp³-hybridized carbons (Fsp3) is 0.0588. The van der Waals surface area contributed by atoms with Crippen molar-refractivity contribution >= 4 is 35.0 Å². The van der Waals surface area contributed by atoms with Gasteiger partial charge in [0, 0.05) is 0 Å². The molecular weight excluding hydrogens is 300 g/mol. The number of amides is 1. The Morgan fingerprint density at radius 3 is 2.59 bits per heavy atom. The maximum Gasteiger partial charge on any atom is 0.280 e. The highest BCUT2D eigenvalue weighted by atomic mass is 35.5. The van der Waals surface area contributed by atoms with Crippen molar-refractivity contribution in [1.82, 2.24) is 0 Å². The maximum absolute atomic E-state index is 12.5. The second-order valence-electron chi connectivity index (χ2n) is 4.91. The molecule has 1 aliphatic heterocycles. The number of para-hydroxylation sites is 1. The van der Waals surface area contributed by atoms with Gasteiger partial charge in [-0.1, -0.05) is 35.9 Å². The van der Waals surface area contributed by atoms with Crippen molar-refractivity contribution in [2.24, 2.45) is 5.10 Å². The molecule has 0 spiro atoms. The van der Waals surface area contributed by atoms with Gasteiger partial charge in [0.1, 0.15) is 5.75 Å². The van der Waals surface area contributed by atoms with Gasteiger partial charge in [-0.25, -0.2) is 0 Å². The number of rotatable bonds is 2. The number of phenolic OH excluding ortho intramolecular Hbond substituents is 1. The Morgan fingerprint density at radius 1 is 1.18 bits per heavy atom. The zero-order valence-electron chi connectivity index (χ0n) is 11.8. The summed E-state index contributed by atoms with van der Waals surface area (Å²) in [5, 5.41) is 15.4. The minimum atomic E-state index is -0.187. The van der Waals surface area contributed by atoms with Gasteiger partial charge in [-0.2, -0.15) is 10.1 Å². The minimum absolute atomic E-state index is 0.0119. The lowest BCUT2D eigenvalue weighted by Crippen LogP contribution is -2.21. The second kappa shape index (κ2) is 5.66. The first kappa shape index (κ1) is 14.4. The van der Waals surface area contributed by atoms with Crippen LogP contribution in [-0.4, -0.2) is 16.7 Å². The van der Waals surface area contributed by atoms with Crippen molar-refractivity contribution in [2.45, 2.75) is 6.92 Å². The third kappa shape index (κ3) is 2.61. The van der Waals surface area contributed by atoms with Crippen LogP contribution in [0.15, 0.2) is 59.2 Å². The number of hydrogen-bond acceptors (Lipinski definition) is 3. The molecule has 0 unspecified atom stereocenters. The van der Waals surface area contributed by atoms with E-state index >= 15 is 0 Å². The van der Waals surface area contributed by atoms with E-state index in [2.05, 4.69) is 5.10 Å². The van der Waals surface area contributed by atoms with Crippen LogP contribution in [0.5, 0.6) is 5.75 Å². The van der Waals surface area contributed by atoms with Crippen LogP contribution in [0.1, 0.15) is 12.5 Å². The number of anilines is 1. The molecule has 0 fully saturated rings. The van der Waals surface area contributed by atoms with E-state index in [4.69, 9.17) is 11.6 Å². The number of aromatic hydroxyl groups is 1. The number of hydrogen-bond donors (Lipinski definition) is 1. The van der Waals surface area contributed by atoms with Crippen molar-refractivity contribution in [3.8, 4) is 5.75 Å². The largest absolute Gasteiger partial charge is 0.506 e. The van der Waals surface area contributed by atoms with E-state index in [-0.39, 0.29) is 16.7 Å². The predicted molar refractivity (Wildman–Crippen MR) is 88.1 cm³/mol. The van der Waals surface area contributed by atoms with E-state index in [0.29, 0.717) is 11.3 Å². The number of halogens is 1. The fourth-order valence-corrected chi connectivity index (χ4v) is 2.40. The fourth-order valence-electron chi connectivity index (χ4n) is 2.21. The van der Waals surface area contributed by atoms with Crippen molar-refractivity contribution in [3.05, 3.63) is 64.7 Å². The summed E-state index contributed by atoms with van der Waals surface area (Å²) in [5.41, 5.74) is 2.60. The molecule has 2 aromatic carbocycles. The number of nitrogens with zero attached hydrogens (tertiary/aromatic N) is 2. The number of hydrazone groups is 1. The van der Waals surface area contributed by atoms with Gasteiger partial charge in [-0.15, -0.1) is 0 Å². The quantitative estimate of drug-likeness (QED) is 0.856. The molecule has 0 saturated carbocycles. The zero-order valence-corrected chi connectivity index (χ0v) is 12.6. The summed E-state index contributed by atoms with van der Waals surface area (Å²) in [6.07, 6.45) is 1.72. The first-order chi connectivity index (χ1) is 10.6. The Balaban J connectivity index is 1.96. The Kier molecular flexibility index (Phi) is 3.69. The standard InChI is InChI=1S/C17H13ClN2O2/c1-11-14(9-12-7-8-16(21)15(18)10-12)17(22)20(19-11)13-5-3-2-4-6-13/h2-10,21H,1H3/b14-9+. The van der Waals surface area contributed by atoms with E-state index in [9.17, 15) is 9.90 Å². The summed E-state index contributed by atoms with van der Waals surface area (Å²) < 4.78 is 0. The molecule has 1 heterocycles. The van der Waals surface area contributed by atoms with Crippen LogP contribution in [-0.2, 0) is 4.79 Å². The van der Waals surface area contributed by atoms with Gasteiger partial charge < -0.3 is 5.11 Å². The molecule has 1 amide bonds. The summed E-state index contributed by atoms with van der Waals surface area (Å²) >= 11 is 5.89. The van der Waals surface area contributed by atoms with Crippen molar-refractivity contribution in [1.29, 1.82) is 0 Å². The van der Waals surface area contributed by atoms with E-state index in [1.165, 1.54) is 11.1 Å². The number of carbonyl (C=O) groups is 1. The molecular formula is C17H13ClN2O2. The third-order valence-corrected chi connectivity index (χ3v) is 3.65. The van der Waals surface area contributed by atoms with Gasteiger partial charge in [0.05, 0.1) is 22.0 Å². The molecule has 0 bridgehead atoms. The first-order valence-corrected chi connectivity index (χ1v) is 7.09. The van der Waals surface area contributed by atoms with Gasteiger partial charge in [-0.05, 0) is 42.8 Å². The average Bonchev–Trinajstić information content (AvgIpc) is 2.80. The third-order valence-electron chi connectivity index (χ3n) is 3.35. The Labute approximate surface area is 133 Å². The van der Waals surface area contributed by atoms with Crippen LogP contribution in [0.2, 0.25) is 5.02 Å². The molecule has 1 N–H and O–H groups in total. The monoisotopic (exact) mass is 312 g/mol. The number of carbonyl (C=O) groups excluding carboxylic acids is 1. The Bertz CT molecular complexity index is 798. The van der Waals surface area contributed by atoms with E-state index in [1.807, 2.05) is 30.3 Å². The predicted octanol–water partition coefficient (Wildman–Crippen LogP) is 3.85. The molecule has 0 saturated heterocycles. The maximum atomic E-state index is 12.5. The summed E-state index contributed by atoms with van der Waals surface area (Å²) in [6, 6.07) is 14.1.